The van der Waals surface area contributed by atoms with E-state index in [9.17, 15) is 9.59 Å². The highest BCUT2D eigenvalue weighted by molar-refractivity contribution is 5.62. The minimum atomic E-state index is -0.508. The topological polar surface area (TPSA) is 75.0 Å². The number of hydrogen-bond acceptors (Lipinski definition) is 3. The fourth-order valence-corrected chi connectivity index (χ4v) is 1.60. The van der Waals surface area contributed by atoms with E-state index in [1.165, 1.54) is 0 Å². The summed E-state index contributed by atoms with van der Waals surface area (Å²) < 4.78 is 5.04. The molecule has 2 N–H and O–H groups in total. The first-order chi connectivity index (χ1) is 8.11. The van der Waals surface area contributed by atoms with Crippen molar-refractivity contribution in [1.29, 1.82) is 0 Å². The molecule has 0 saturated heterocycles. The quantitative estimate of drug-likeness (QED) is 0.812. The van der Waals surface area contributed by atoms with E-state index in [0.29, 0.717) is 11.3 Å². The molecule has 0 amide bonds. The fourth-order valence-electron chi connectivity index (χ4n) is 1.60. The van der Waals surface area contributed by atoms with Crippen molar-refractivity contribution < 1.29 is 4.74 Å². The maximum atomic E-state index is 11.5. The van der Waals surface area contributed by atoms with Crippen molar-refractivity contribution in [2.24, 2.45) is 0 Å². The lowest BCUT2D eigenvalue weighted by Crippen LogP contribution is -2.24. The van der Waals surface area contributed by atoms with Crippen molar-refractivity contribution in [2.45, 2.75) is 6.92 Å². The number of methoxy groups -OCH3 is 1. The summed E-state index contributed by atoms with van der Waals surface area (Å²) in [7, 11) is 1.58. The van der Waals surface area contributed by atoms with Crippen LogP contribution in [0.4, 0.5) is 0 Å². The van der Waals surface area contributed by atoms with Gasteiger partial charge in [0.05, 0.1) is 12.8 Å². The van der Waals surface area contributed by atoms with Gasteiger partial charge in [-0.2, -0.15) is 0 Å². The molecule has 0 radical (unpaired) electrons. The molecule has 1 heterocycles. The third-order valence-electron chi connectivity index (χ3n) is 2.56. The zero-order valence-corrected chi connectivity index (χ0v) is 9.53. The SMILES string of the molecule is COc1ccc(-c2[nH]c(=O)[nH]c(=O)c2C)cc1. The molecular weight excluding hydrogens is 220 g/mol. The van der Waals surface area contributed by atoms with Gasteiger partial charge in [-0.3, -0.25) is 9.78 Å². The summed E-state index contributed by atoms with van der Waals surface area (Å²) in [6.45, 7) is 1.66. The molecule has 0 aliphatic heterocycles. The van der Waals surface area contributed by atoms with E-state index in [1.807, 2.05) is 0 Å². The Morgan fingerprint density at radius 1 is 1.06 bits per heavy atom. The highest BCUT2D eigenvalue weighted by Gasteiger charge is 2.06. The molecule has 0 fully saturated rings. The first-order valence-corrected chi connectivity index (χ1v) is 5.09. The van der Waals surface area contributed by atoms with E-state index in [0.717, 1.165) is 11.3 Å². The molecule has 0 atom stereocenters. The Balaban J connectivity index is 2.60. The van der Waals surface area contributed by atoms with E-state index >= 15 is 0 Å². The van der Waals surface area contributed by atoms with Crippen LogP contribution in [0.15, 0.2) is 33.9 Å². The number of hydrogen-bond donors (Lipinski definition) is 2. The lowest BCUT2D eigenvalue weighted by Gasteiger charge is -2.05. The summed E-state index contributed by atoms with van der Waals surface area (Å²) >= 11 is 0. The molecule has 88 valence electrons. The molecule has 2 aromatic rings. The Labute approximate surface area is 97.1 Å². The van der Waals surface area contributed by atoms with E-state index in [-0.39, 0.29) is 5.56 Å². The van der Waals surface area contributed by atoms with Crippen LogP contribution in [-0.2, 0) is 0 Å². The number of aromatic amines is 2. The van der Waals surface area contributed by atoms with Crippen LogP contribution >= 0.6 is 0 Å². The first-order valence-electron chi connectivity index (χ1n) is 5.09. The van der Waals surface area contributed by atoms with Crippen LogP contribution in [0.2, 0.25) is 0 Å². The number of benzene rings is 1. The minimum Gasteiger partial charge on any atom is -0.497 e. The van der Waals surface area contributed by atoms with Gasteiger partial charge in [-0.25, -0.2) is 4.79 Å². The van der Waals surface area contributed by atoms with Crippen molar-refractivity contribution in [3.8, 4) is 17.0 Å². The van der Waals surface area contributed by atoms with E-state index in [1.54, 1.807) is 38.3 Å². The van der Waals surface area contributed by atoms with Gasteiger partial charge in [0.15, 0.2) is 0 Å². The van der Waals surface area contributed by atoms with Crippen LogP contribution in [0.5, 0.6) is 5.75 Å². The lowest BCUT2D eigenvalue weighted by atomic mass is 10.1. The van der Waals surface area contributed by atoms with Crippen molar-refractivity contribution >= 4 is 0 Å². The van der Waals surface area contributed by atoms with E-state index in [4.69, 9.17) is 4.74 Å². The Morgan fingerprint density at radius 2 is 1.71 bits per heavy atom. The van der Waals surface area contributed by atoms with Crippen LogP contribution in [0.25, 0.3) is 11.3 Å². The van der Waals surface area contributed by atoms with Crippen LogP contribution in [0.3, 0.4) is 0 Å². The zero-order chi connectivity index (χ0) is 12.4. The molecule has 0 spiro atoms. The maximum Gasteiger partial charge on any atom is 0.326 e. The van der Waals surface area contributed by atoms with Gasteiger partial charge in [-0.1, -0.05) is 0 Å². The minimum absolute atomic E-state index is 0.375. The zero-order valence-electron chi connectivity index (χ0n) is 9.53. The van der Waals surface area contributed by atoms with E-state index in [2.05, 4.69) is 9.97 Å². The predicted octanol–water partition coefficient (Wildman–Crippen LogP) is 1.05. The second-order valence-electron chi connectivity index (χ2n) is 3.64. The van der Waals surface area contributed by atoms with Crippen LogP contribution in [0, 0.1) is 6.92 Å². The Bertz CT molecular complexity index is 638. The smallest absolute Gasteiger partial charge is 0.326 e. The first kappa shape index (κ1) is 11.2. The fraction of sp³-hybridized carbons (Fsp3) is 0.167. The number of ether oxygens (including phenoxy) is 1. The molecule has 0 bridgehead atoms. The predicted molar refractivity (Wildman–Crippen MR) is 64.4 cm³/mol. The van der Waals surface area contributed by atoms with Gasteiger partial charge in [0.2, 0.25) is 0 Å². The molecule has 2 rings (SSSR count). The van der Waals surface area contributed by atoms with Crippen LogP contribution in [0.1, 0.15) is 5.56 Å². The van der Waals surface area contributed by atoms with Gasteiger partial charge >= 0.3 is 5.69 Å². The third kappa shape index (κ3) is 2.13. The van der Waals surface area contributed by atoms with Gasteiger partial charge < -0.3 is 9.72 Å². The largest absolute Gasteiger partial charge is 0.497 e. The standard InChI is InChI=1S/C12H12N2O3/c1-7-10(13-12(16)14-11(7)15)8-3-5-9(17-2)6-4-8/h3-6H,1-2H3,(H2,13,14,15,16). The number of H-pyrrole nitrogens is 2. The van der Waals surface area contributed by atoms with Crippen molar-refractivity contribution in [1.82, 2.24) is 9.97 Å². The van der Waals surface area contributed by atoms with Crippen molar-refractivity contribution in [2.75, 3.05) is 7.11 Å². The van der Waals surface area contributed by atoms with Gasteiger partial charge in [0.25, 0.3) is 5.56 Å². The summed E-state index contributed by atoms with van der Waals surface area (Å²) in [6.07, 6.45) is 0. The molecule has 0 aliphatic carbocycles. The van der Waals surface area contributed by atoms with Gasteiger partial charge in [-0.15, -0.1) is 0 Å². The van der Waals surface area contributed by atoms with Gasteiger partial charge in [0, 0.05) is 5.56 Å². The monoisotopic (exact) mass is 232 g/mol. The average molecular weight is 232 g/mol. The summed E-state index contributed by atoms with van der Waals surface area (Å²) in [4.78, 5) is 27.5. The molecule has 1 aromatic heterocycles. The maximum absolute atomic E-state index is 11.5. The molecule has 17 heavy (non-hydrogen) atoms. The number of aromatic nitrogens is 2. The normalized spacial score (nSPS) is 10.2. The summed E-state index contributed by atoms with van der Waals surface area (Å²) in [5.74, 6) is 0.721. The highest BCUT2D eigenvalue weighted by atomic mass is 16.5. The molecule has 5 heteroatoms. The highest BCUT2D eigenvalue weighted by Crippen LogP contribution is 2.20. The Kier molecular flexibility index (Phi) is 2.82. The third-order valence-corrected chi connectivity index (χ3v) is 2.56. The molecule has 0 unspecified atom stereocenters. The van der Waals surface area contributed by atoms with Crippen molar-refractivity contribution in [3.05, 3.63) is 50.7 Å². The Hall–Kier alpha value is -2.30. The molecular formula is C12H12N2O3. The van der Waals surface area contributed by atoms with Crippen LogP contribution in [-0.4, -0.2) is 17.1 Å². The second-order valence-corrected chi connectivity index (χ2v) is 3.64. The summed E-state index contributed by atoms with van der Waals surface area (Å²) in [5, 5.41) is 0. The average Bonchev–Trinajstić information content (AvgIpc) is 2.34. The van der Waals surface area contributed by atoms with Gasteiger partial charge in [0.1, 0.15) is 5.75 Å². The number of nitrogens with one attached hydrogen (secondary N) is 2. The molecule has 1 aromatic carbocycles. The molecule has 0 aliphatic rings. The molecule has 5 nitrogen and oxygen atoms in total. The number of rotatable bonds is 2. The van der Waals surface area contributed by atoms with Crippen molar-refractivity contribution in [3.63, 3.8) is 0 Å². The molecule has 0 saturated carbocycles. The van der Waals surface area contributed by atoms with E-state index < -0.39 is 5.69 Å². The summed E-state index contributed by atoms with van der Waals surface area (Å²) in [5.41, 5.74) is 0.897. The van der Waals surface area contributed by atoms with Gasteiger partial charge in [-0.05, 0) is 36.8 Å². The summed E-state index contributed by atoms with van der Waals surface area (Å²) in [6, 6.07) is 7.12. The van der Waals surface area contributed by atoms with Crippen LogP contribution < -0.4 is 16.0 Å². The lowest BCUT2D eigenvalue weighted by molar-refractivity contribution is 0.415. The Morgan fingerprint density at radius 3 is 2.29 bits per heavy atom. The second kappa shape index (κ2) is 4.29.